The Labute approximate surface area is 208 Å². The Kier molecular flexibility index (Phi) is 14.0. The summed E-state index contributed by atoms with van der Waals surface area (Å²) in [5.74, 6) is 3.25. The molecule has 0 bridgehead atoms. The Morgan fingerprint density at radius 3 is 1.59 bits per heavy atom. The van der Waals surface area contributed by atoms with Gasteiger partial charge in [0.25, 0.3) is 0 Å². The third-order valence-electron chi connectivity index (χ3n) is 5.60. The van der Waals surface area contributed by atoms with Crippen LogP contribution < -0.4 is 18.9 Å². The van der Waals surface area contributed by atoms with Gasteiger partial charge in [-0.3, -0.25) is 0 Å². The van der Waals surface area contributed by atoms with Crippen molar-refractivity contribution in [2.75, 3.05) is 26.4 Å². The van der Waals surface area contributed by atoms with E-state index in [2.05, 4.69) is 45.9 Å². The summed E-state index contributed by atoms with van der Waals surface area (Å²) >= 11 is 0. The average molecular weight is 470 g/mol. The van der Waals surface area contributed by atoms with E-state index in [1.165, 1.54) is 25.7 Å². The van der Waals surface area contributed by atoms with E-state index < -0.39 is 0 Å². The minimum absolute atomic E-state index is 0.670. The second-order valence-corrected chi connectivity index (χ2v) is 8.78. The molecule has 34 heavy (non-hydrogen) atoms. The molecule has 0 heterocycles. The third kappa shape index (κ3) is 10.3. The smallest absolute Gasteiger partial charge is 0.131 e. The van der Waals surface area contributed by atoms with Crippen molar-refractivity contribution in [2.24, 2.45) is 0 Å². The minimum atomic E-state index is 0.670. The highest BCUT2D eigenvalue weighted by atomic mass is 16.5. The van der Waals surface area contributed by atoms with Crippen LogP contribution in [0, 0.1) is 6.07 Å². The largest absolute Gasteiger partial charge is 0.493 e. The van der Waals surface area contributed by atoms with E-state index in [0.29, 0.717) is 26.4 Å². The van der Waals surface area contributed by atoms with Gasteiger partial charge in [0, 0.05) is 17.7 Å². The van der Waals surface area contributed by atoms with Gasteiger partial charge in [0.15, 0.2) is 0 Å². The molecule has 0 spiro atoms. The molecule has 0 amide bonds. The van der Waals surface area contributed by atoms with E-state index in [0.717, 1.165) is 72.6 Å². The molecule has 2 aromatic carbocycles. The van der Waals surface area contributed by atoms with Gasteiger partial charge in [-0.25, -0.2) is 0 Å². The quantitative estimate of drug-likeness (QED) is 0.193. The maximum atomic E-state index is 6.19. The Morgan fingerprint density at radius 1 is 0.529 bits per heavy atom. The summed E-state index contributed by atoms with van der Waals surface area (Å²) in [6, 6.07) is 13.5. The first kappa shape index (κ1) is 27.9. The molecule has 0 fully saturated rings. The zero-order valence-corrected chi connectivity index (χ0v) is 21.9. The number of hydrogen-bond acceptors (Lipinski definition) is 4. The van der Waals surface area contributed by atoms with Crippen LogP contribution in [0.1, 0.15) is 91.9 Å². The molecule has 0 unspecified atom stereocenters. The standard InChI is InChI=1S/C30H45O4/c1-5-9-13-19-32-27-21-25(22-28(23-27)33-20-14-10-6-2)29-16-15-26(31-17-11-7-3)24-30(29)34-18-12-8-4/h15,21-24H,5-14,17-20H2,1-4H3. The Balaban J connectivity index is 2.31. The Hall–Kier alpha value is -2.36. The molecule has 1 radical (unpaired) electrons. The molecule has 189 valence electrons. The molecule has 2 aromatic rings. The van der Waals surface area contributed by atoms with Crippen molar-refractivity contribution < 1.29 is 18.9 Å². The molecule has 0 saturated carbocycles. The molecule has 4 nitrogen and oxygen atoms in total. The van der Waals surface area contributed by atoms with E-state index in [1.807, 2.05) is 18.2 Å². The van der Waals surface area contributed by atoms with Crippen LogP contribution >= 0.6 is 0 Å². The topological polar surface area (TPSA) is 36.9 Å². The van der Waals surface area contributed by atoms with Crippen LogP contribution in [0.5, 0.6) is 23.0 Å². The fraction of sp³-hybridized carbons (Fsp3) is 0.600. The first-order valence-corrected chi connectivity index (χ1v) is 13.4. The SMILES string of the molecule is CCCCCOc1cc(OCCCCC)cc(-c2[c]cc(OCCCC)cc2OCCCC)c1. The van der Waals surface area contributed by atoms with Gasteiger partial charge in [0.1, 0.15) is 23.0 Å². The van der Waals surface area contributed by atoms with Gasteiger partial charge < -0.3 is 18.9 Å². The van der Waals surface area contributed by atoms with Crippen LogP contribution in [0.4, 0.5) is 0 Å². The highest BCUT2D eigenvalue weighted by molar-refractivity contribution is 5.73. The normalized spacial score (nSPS) is 10.8. The molecule has 0 aliphatic carbocycles. The van der Waals surface area contributed by atoms with Gasteiger partial charge in [-0.05, 0) is 55.5 Å². The van der Waals surface area contributed by atoms with Crippen LogP contribution in [0.15, 0.2) is 30.3 Å². The maximum absolute atomic E-state index is 6.19. The van der Waals surface area contributed by atoms with Crippen molar-refractivity contribution in [3.05, 3.63) is 36.4 Å². The molecule has 4 heteroatoms. The van der Waals surface area contributed by atoms with Crippen molar-refractivity contribution in [3.63, 3.8) is 0 Å². The van der Waals surface area contributed by atoms with E-state index in [4.69, 9.17) is 18.9 Å². The molecule has 0 aliphatic heterocycles. The summed E-state index contributed by atoms with van der Waals surface area (Å²) in [7, 11) is 0. The predicted molar refractivity (Wildman–Crippen MR) is 142 cm³/mol. The summed E-state index contributed by atoms with van der Waals surface area (Å²) in [6.45, 7) is 11.5. The minimum Gasteiger partial charge on any atom is -0.493 e. The van der Waals surface area contributed by atoms with Gasteiger partial charge in [0.05, 0.1) is 26.4 Å². The second-order valence-electron chi connectivity index (χ2n) is 8.78. The summed E-state index contributed by atoms with van der Waals surface area (Å²) in [4.78, 5) is 0. The first-order valence-electron chi connectivity index (χ1n) is 13.4. The fourth-order valence-corrected chi connectivity index (χ4v) is 3.51. The molecule has 0 aromatic heterocycles. The number of ether oxygens (including phenoxy) is 4. The van der Waals surface area contributed by atoms with Crippen LogP contribution in [-0.2, 0) is 0 Å². The zero-order chi connectivity index (χ0) is 24.4. The molecule has 0 N–H and O–H groups in total. The van der Waals surface area contributed by atoms with Gasteiger partial charge in [0.2, 0.25) is 0 Å². The third-order valence-corrected chi connectivity index (χ3v) is 5.60. The second kappa shape index (κ2) is 17.1. The van der Waals surface area contributed by atoms with Crippen LogP contribution in [0.3, 0.4) is 0 Å². The molecule has 2 rings (SSSR count). The lowest BCUT2D eigenvalue weighted by molar-refractivity contribution is 0.291. The number of hydrogen-bond donors (Lipinski definition) is 0. The average Bonchev–Trinajstić information content (AvgIpc) is 2.85. The van der Waals surface area contributed by atoms with Gasteiger partial charge in [-0.2, -0.15) is 0 Å². The maximum Gasteiger partial charge on any atom is 0.131 e. The number of rotatable bonds is 19. The van der Waals surface area contributed by atoms with Crippen LogP contribution in [0.25, 0.3) is 11.1 Å². The highest BCUT2D eigenvalue weighted by Gasteiger charge is 2.13. The monoisotopic (exact) mass is 469 g/mol. The van der Waals surface area contributed by atoms with Crippen molar-refractivity contribution in [1.29, 1.82) is 0 Å². The molecule has 0 aliphatic rings. The molecule has 0 saturated heterocycles. The van der Waals surface area contributed by atoms with Crippen molar-refractivity contribution in [2.45, 2.75) is 91.9 Å². The zero-order valence-electron chi connectivity index (χ0n) is 21.9. The summed E-state index contributed by atoms with van der Waals surface area (Å²) in [6.07, 6.45) is 11.0. The fourth-order valence-electron chi connectivity index (χ4n) is 3.51. The molecular formula is C30H45O4. The van der Waals surface area contributed by atoms with E-state index in [1.54, 1.807) is 0 Å². The van der Waals surface area contributed by atoms with E-state index in [9.17, 15) is 0 Å². The predicted octanol–water partition coefficient (Wildman–Crippen LogP) is 8.65. The van der Waals surface area contributed by atoms with Gasteiger partial charge in [-0.1, -0.05) is 66.2 Å². The van der Waals surface area contributed by atoms with Gasteiger partial charge in [-0.15, -0.1) is 0 Å². The highest BCUT2D eigenvalue weighted by Crippen LogP contribution is 2.37. The van der Waals surface area contributed by atoms with Crippen molar-refractivity contribution in [1.82, 2.24) is 0 Å². The summed E-state index contributed by atoms with van der Waals surface area (Å²) in [5, 5.41) is 0. The van der Waals surface area contributed by atoms with Crippen LogP contribution in [0.2, 0.25) is 0 Å². The lowest BCUT2D eigenvalue weighted by Gasteiger charge is -2.16. The summed E-state index contributed by atoms with van der Waals surface area (Å²) < 4.78 is 24.3. The Morgan fingerprint density at radius 2 is 1.03 bits per heavy atom. The lowest BCUT2D eigenvalue weighted by Crippen LogP contribution is -2.02. The van der Waals surface area contributed by atoms with E-state index in [-0.39, 0.29) is 0 Å². The van der Waals surface area contributed by atoms with Crippen molar-refractivity contribution >= 4 is 0 Å². The number of unbranched alkanes of at least 4 members (excludes halogenated alkanes) is 6. The number of benzene rings is 2. The first-order chi connectivity index (χ1) is 16.7. The molecule has 0 atom stereocenters. The summed E-state index contributed by atoms with van der Waals surface area (Å²) in [5.41, 5.74) is 1.90. The molecular weight excluding hydrogens is 424 g/mol. The van der Waals surface area contributed by atoms with Gasteiger partial charge >= 0.3 is 0 Å². The van der Waals surface area contributed by atoms with Crippen LogP contribution in [-0.4, -0.2) is 26.4 Å². The van der Waals surface area contributed by atoms with E-state index >= 15 is 0 Å². The lowest BCUT2D eigenvalue weighted by atomic mass is 10.0. The van der Waals surface area contributed by atoms with Crippen molar-refractivity contribution in [3.8, 4) is 34.1 Å². The Bertz CT molecular complexity index is 772.